The van der Waals surface area contributed by atoms with E-state index in [1.54, 1.807) is 0 Å². The Hall–Kier alpha value is -2.55. The molecule has 2 aromatic rings. The number of halogens is 3. The van der Waals surface area contributed by atoms with Gasteiger partial charge in [0.05, 0.1) is 24.2 Å². The lowest BCUT2D eigenvalue weighted by atomic mass is 9.89. The number of urea groups is 1. The molecule has 1 aromatic carbocycles. The Morgan fingerprint density at radius 1 is 1.39 bits per heavy atom. The van der Waals surface area contributed by atoms with Crippen molar-refractivity contribution in [1.29, 1.82) is 0 Å². The number of aromatic nitrogens is 2. The van der Waals surface area contributed by atoms with Crippen LogP contribution in [0.25, 0.3) is 0 Å². The molecular formula is C14H15F3N4O2. The number of imidazole rings is 1. The van der Waals surface area contributed by atoms with Gasteiger partial charge in [-0.15, -0.1) is 0 Å². The molecule has 0 radical (unpaired) electrons. The summed E-state index contributed by atoms with van der Waals surface area (Å²) >= 11 is 0. The zero-order valence-electron chi connectivity index (χ0n) is 11.9. The molecule has 4 N–H and O–H groups in total. The summed E-state index contributed by atoms with van der Waals surface area (Å²) < 4.78 is 39.6. The van der Waals surface area contributed by atoms with Crippen molar-refractivity contribution in [3.05, 3.63) is 53.6 Å². The van der Waals surface area contributed by atoms with E-state index in [0.29, 0.717) is 5.69 Å². The van der Waals surface area contributed by atoms with Crippen molar-refractivity contribution in [3.8, 4) is 0 Å². The molecule has 9 heteroatoms. The van der Waals surface area contributed by atoms with Crippen molar-refractivity contribution in [3.63, 3.8) is 0 Å². The fourth-order valence-electron chi connectivity index (χ4n) is 2.28. The first kappa shape index (κ1) is 16.8. The minimum absolute atomic E-state index is 0.0212. The van der Waals surface area contributed by atoms with Gasteiger partial charge in [-0.3, -0.25) is 4.84 Å². The third-order valence-electron chi connectivity index (χ3n) is 3.20. The Labute approximate surface area is 129 Å². The van der Waals surface area contributed by atoms with Crippen LogP contribution in [0.15, 0.2) is 36.8 Å². The van der Waals surface area contributed by atoms with Crippen LogP contribution in [0, 0.1) is 0 Å². The molecule has 0 saturated carbocycles. The van der Waals surface area contributed by atoms with Crippen LogP contribution in [0.1, 0.15) is 29.2 Å². The van der Waals surface area contributed by atoms with E-state index in [2.05, 4.69) is 9.97 Å². The van der Waals surface area contributed by atoms with Gasteiger partial charge >= 0.3 is 12.2 Å². The summed E-state index contributed by atoms with van der Waals surface area (Å²) in [7, 11) is 0. The monoisotopic (exact) mass is 328 g/mol. The van der Waals surface area contributed by atoms with Crippen LogP contribution in [0.5, 0.6) is 0 Å². The quantitative estimate of drug-likeness (QED) is 0.562. The molecule has 0 aliphatic carbocycles. The summed E-state index contributed by atoms with van der Waals surface area (Å²) in [5, 5.41) is 0. The molecule has 2 rings (SSSR count). The van der Waals surface area contributed by atoms with Gasteiger partial charge in [0.15, 0.2) is 0 Å². The van der Waals surface area contributed by atoms with Gasteiger partial charge in [-0.05, 0) is 18.1 Å². The molecule has 0 aliphatic rings. The Morgan fingerprint density at radius 3 is 2.74 bits per heavy atom. The first-order valence-electron chi connectivity index (χ1n) is 6.71. The molecule has 2 amide bonds. The number of carbonyl (C=O) groups excluding carboxylic acids is 1. The molecule has 1 aromatic heterocycles. The van der Waals surface area contributed by atoms with Crippen molar-refractivity contribution in [2.75, 3.05) is 6.61 Å². The van der Waals surface area contributed by atoms with E-state index in [1.807, 2.05) is 5.48 Å². The smallest absolute Gasteiger partial charge is 0.351 e. The molecule has 0 saturated heterocycles. The normalized spacial score (nSPS) is 12.8. The highest BCUT2D eigenvalue weighted by molar-refractivity contribution is 5.70. The van der Waals surface area contributed by atoms with Gasteiger partial charge in [0.1, 0.15) is 0 Å². The SMILES string of the molecule is NC(=O)NOCCC(c1c[nH]cn1)c1ccccc1C(F)(F)F. The average molecular weight is 328 g/mol. The lowest BCUT2D eigenvalue weighted by Crippen LogP contribution is -2.30. The first-order valence-corrected chi connectivity index (χ1v) is 6.71. The molecule has 1 unspecified atom stereocenters. The Bertz CT molecular complexity index is 644. The van der Waals surface area contributed by atoms with Gasteiger partial charge in [0.25, 0.3) is 0 Å². The molecule has 6 nitrogen and oxygen atoms in total. The number of carbonyl (C=O) groups is 1. The highest BCUT2D eigenvalue weighted by atomic mass is 19.4. The van der Waals surface area contributed by atoms with Crippen LogP contribution in [0.2, 0.25) is 0 Å². The number of benzene rings is 1. The van der Waals surface area contributed by atoms with Crippen LogP contribution >= 0.6 is 0 Å². The van der Waals surface area contributed by atoms with Crippen LogP contribution in [-0.4, -0.2) is 22.6 Å². The fraction of sp³-hybridized carbons (Fsp3) is 0.286. The number of aromatic amines is 1. The second-order valence-corrected chi connectivity index (χ2v) is 4.74. The fourth-order valence-corrected chi connectivity index (χ4v) is 2.28. The Balaban J connectivity index is 2.26. The molecule has 0 spiro atoms. The lowest BCUT2D eigenvalue weighted by molar-refractivity contribution is -0.138. The third kappa shape index (κ3) is 4.46. The lowest BCUT2D eigenvalue weighted by Gasteiger charge is -2.20. The number of nitrogens with zero attached hydrogens (tertiary/aromatic N) is 1. The highest BCUT2D eigenvalue weighted by Crippen LogP contribution is 2.38. The maximum absolute atomic E-state index is 13.2. The van der Waals surface area contributed by atoms with Gasteiger partial charge in [-0.25, -0.2) is 15.3 Å². The van der Waals surface area contributed by atoms with Gasteiger partial charge in [-0.1, -0.05) is 18.2 Å². The highest BCUT2D eigenvalue weighted by Gasteiger charge is 2.35. The van der Waals surface area contributed by atoms with E-state index in [1.165, 1.54) is 30.7 Å². The summed E-state index contributed by atoms with van der Waals surface area (Å²) in [6.07, 6.45) is -1.38. The van der Waals surface area contributed by atoms with Crippen molar-refractivity contribution < 1.29 is 22.8 Å². The predicted molar refractivity (Wildman–Crippen MR) is 75.2 cm³/mol. The van der Waals surface area contributed by atoms with Gasteiger partial charge < -0.3 is 10.7 Å². The van der Waals surface area contributed by atoms with Crippen molar-refractivity contribution in [2.24, 2.45) is 5.73 Å². The zero-order chi connectivity index (χ0) is 16.9. The molecule has 1 atom stereocenters. The number of H-pyrrole nitrogens is 1. The van der Waals surface area contributed by atoms with E-state index in [4.69, 9.17) is 10.6 Å². The maximum Gasteiger partial charge on any atom is 0.416 e. The summed E-state index contributed by atoms with van der Waals surface area (Å²) in [5.74, 6) is -0.645. The van der Waals surface area contributed by atoms with Crippen LogP contribution < -0.4 is 11.2 Å². The standard InChI is InChI=1S/C14H15F3N4O2/c15-14(16,17)11-4-2-1-3-9(11)10(12-7-19-8-20-12)5-6-23-21-13(18)22/h1-4,7-8,10H,5-6H2,(H,19,20)(H3,18,21,22). The maximum atomic E-state index is 13.2. The average Bonchev–Trinajstić information content (AvgIpc) is 3.00. The van der Waals surface area contributed by atoms with Crippen molar-refractivity contribution >= 4 is 6.03 Å². The number of primary amides is 1. The molecule has 1 heterocycles. The second kappa shape index (κ2) is 7.14. The number of hydroxylamine groups is 1. The minimum atomic E-state index is -4.47. The minimum Gasteiger partial charge on any atom is -0.351 e. The van der Waals surface area contributed by atoms with E-state index in [-0.39, 0.29) is 18.6 Å². The molecule has 0 aliphatic heterocycles. The summed E-state index contributed by atoms with van der Waals surface area (Å²) in [5.41, 5.74) is 6.60. The van der Waals surface area contributed by atoms with E-state index in [0.717, 1.165) is 6.07 Å². The topological polar surface area (TPSA) is 93.0 Å². The second-order valence-electron chi connectivity index (χ2n) is 4.74. The number of amides is 2. The largest absolute Gasteiger partial charge is 0.416 e. The number of hydrogen-bond acceptors (Lipinski definition) is 3. The van der Waals surface area contributed by atoms with Gasteiger partial charge in [0, 0.05) is 12.1 Å². The number of hydrogen-bond donors (Lipinski definition) is 3. The molecule has 124 valence electrons. The van der Waals surface area contributed by atoms with E-state index >= 15 is 0 Å². The molecule has 23 heavy (non-hydrogen) atoms. The Kier molecular flexibility index (Phi) is 5.22. The summed E-state index contributed by atoms with van der Waals surface area (Å²) in [6.45, 7) is -0.0212. The van der Waals surface area contributed by atoms with Crippen molar-refractivity contribution in [1.82, 2.24) is 15.4 Å². The molecule has 0 fully saturated rings. The van der Waals surface area contributed by atoms with E-state index in [9.17, 15) is 18.0 Å². The summed E-state index contributed by atoms with van der Waals surface area (Å²) in [6, 6.07) is 4.42. The van der Waals surface area contributed by atoms with Crippen LogP contribution in [0.3, 0.4) is 0 Å². The number of rotatable bonds is 6. The number of alkyl halides is 3. The molecule has 0 bridgehead atoms. The van der Waals surface area contributed by atoms with Crippen LogP contribution in [0.4, 0.5) is 18.0 Å². The number of nitrogens with one attached hydrogen (secondary N) is 2. The van der Waals surface area contributed by atoms with Gasteiger partial charge in [-0.2, -0.15) is 13.2 Å². The summed E-state index contributed by atoms with van der Waals surface area (Å²) in [4.78, 5) is 22.1. The van der Waals surface area contributed by atoms with Crippen molar-refractivity contribution in [2.45, 2.75) is 18.5 Å². The third-order valence-corrected chi connectivity index (χ3v) is 3.20. The van der Waals surface area contributed by atoms with Gasteiger partial charge in [0.2, 0.25) is 0 Å². The first-order chi connectivity index (χ1) is 10.9. The van der Waals surface area contributed by atoms with Crippen LogP contribution in [-0.2, 0) is 11.0 Å². The zero-order valence-corrected chi connectivity index (χ0v) is 11.9. The Morgan fingerprint density at radius 2 is 2.13 bits per heavy atom. The number of nitrogens with two attached hydrogens (primary N) is 1. The molecular weight excluding hydrogens is 313 g/mol. The predicted octanol–water partition coefficient (Wildman–Crippen LogP) is 2.55. The van der Waals surface area contributed by atoms with E-state index < -0.39 is 23.7 Å².